The molecule has 0 spiro atoms. The third kappa shape index (κ3) is 3.85. The Labute approximate surface area is 182 Å². The molecule has 0 atom stereocenters. The Morgan fingerprint density at radius 3 is 2.62 bits per heavy atom. The highest BCUT2D eigenvalue weighted by molar-refractivity contribution is 5.67. The fourth-order valence-electron chi connectivity index (χ4n) is 3.31. The average molecular weight is 429 g/mol. The number of aromatic nitrogens is 7. The molecule has 0 aliphatic heterocycles. The molecule has 5 rings (SSSR count). The Kier molecular flexibility index (Phi) is 5.16. The van der Waals surface area contributed by atoms with Gasteiger partial charge < -0.3 is 9.26 Å². The van der Waals surface area contributed by atoms with Gasteiger partial charge in [-0.05, 0) is 36.8 Å². The predicted molar refractivity (Wildman–Crippen MR) is 115 cm³/mol. The largest absolute Gasteiger partial charge is 0.494 e. The molecule has 2 aromatic carbocycles. The third-order valence-electron chi connectivity index (χ3n) is 4.86. The molecule has 0 radical (unpaired) electrons. The summed E-state index contributed by atoms with van der Waals surface area (Å²) in [7, 11) is 0. The van der Waals surface area contributed by atoms with Gasteiger partial charge in [0.15, 0.2) is 11.2 Å². The van der Waals surface area contributed by atoms with Crippen LogP contribution in [0.3, 0.4) is 0 Å². The topological polar surface area (TPSA) is 114 Å². The van der Waals surface area contributed by atoms with Crippen molar-refractivity contribution < 1.29 is 9.26 Å². The quantitative estimate of drug-likeness (QED) is 0.388. The Balaban J connectivity index is 1.37. The minimum Gasteiger partial charge on any atom is -0.494 e. The zero-order valence-corrected chi connectivity index (χ0v) is 17.3. The van der Waals surface area contributed by atoms with Crippen LogP contribution < -0.4 is 10.3 Å². The monoisotopic (exact) mass is 429 g/mol. The van der Waals surface area contributed by atoms with Crippen molar-refractivity contribution in [1.82, 2.24) is 34.7 Å². The molecule has 32 heavy (non-hydrogen) atoms. The van der Waals surface area contributed by atoms with Crippen LogP contribution in [0.2, 0.25) is 0 Å². The summed E-state index contributed by atoms with van der Waals surface area (Å²) in [4.78, 5) is 21.6. The summed E-state index contributed by atoms with van der Waals surface area (Å²) in [5.74, 6) is 1.49. The molecule has 3 aromatic heterocycles. The van der Waals surface area contributed by atoms with Crippen molar-refractivity contribution in [3.05, 3.63) is 82.7 Å². The lowest BCUT2D eigenvalue weighted by Gasteiger charge is -2.03. The first-order chi connectivity index (χ1) is 15.7. The molecule has 3 heterocycles. The maximum atomic E-state index is 12.9. The van der Waals surface area contributed by atoms with E-state index in [1.54, 1.807) is 4.68 Å². The van der Waals surface area contributed by atoms with Crippen molar-refractivity contribution in [2.45, 2.75) is 20.0 Å². The van der Waals surface area contributed by atoms with Crippen LogP contribution in [0.1, 0.15) is 18.4 Å². The van der Waals surface area contributed by atoms with E-state index in [1.165, 1.54) is 10.9 Å². The van der Waals surface area contributed by atoms with E-state index in [-0.39, 0.29) is 23.5 Å². The number of benzene rings is 2. The van der Waals surface area contributed by atoms with Crippen LogP contribution in [0.5, 0.6) is 5.75 Å². The van der Waals surface area contributed by atoms with Crippen molar-refractivity contribution in [3.8, 4) is 17.1 Å². The molecule has 0 bridgehead atoms. The first-order valence-electron chi connectivity index (χ1n) is 10.1. The molecule has 0 amide bonds. The van der Waals surface area contributed by atoms with Gasteiger partial charge in [0.2, 0.25) is 11.7 Å². The van der Waals surface area contributed by atoms with Gasteiger partial charge in [-0.2, -0.15) is 4.98 Å². The first kappa shape index (κ1) is 19.6. The van der Waals surface area contributed by atoms with Crippen molar-refractivity contribution in [3.63, 3.8) is 0 Å². The van der Waals surface area contributed by atoms with E-state index in [9.17, 15) is 4.79 Å². The number of rotatable bonds is 7. The minimum absolute atomic E-state index is 0.0807. The standard InChI is InChI=1S/C22H19N7O3/c1-2-31-17-10-8-16(9-11-17)20-24-18(32-26-20)13-28-14-23-21-19(22(28)30)25-27-29(21)12-15-6-4-3-5-7-15/h3-11,14H,2,12-13H2,1H3. The number of hydrogen-bond acceptors (Lipinski definition) is 8. The van der Waals surface area contributed by atoms with E-state index >= 15 is 0 Å². The summed E-state index contributed by atoms with van der Waals surface area (Å²) in [6.45, 7) is 3.08. The molecule has 160 valence electrons. The second-order valence-corrected chi connectivity index (χ2v) is 7.05. The normalized spacial score (nSPS) is 11.2. The fraction of sp³-hybridized carbons (Fsp3) is 0.182. The van der Waals surface area contributed by atoms with Gasteiger partial charge in [-0.3, -0.25) is 9.36 Å². The number of nitrogens with zero attached hydrogens (tertiary/aromatic N) is 7. The van der Waals surface area contributed by atoms with Gasteiger partial charge in [0.05, 0.1) is 13.2 Å². The van der Waals surface area contributed by atoms with Crippen LogP contribution >= 0.6 is 0 Å². The molecular formula is C22H19N7O3. The van der Waals surface area contributed by atoms with Gasteiger partial charge in [0, 0.05) is 5.56 Å². The van der Waals surface area contributed by atoms with Crippen LogP contribution in [-0.2, 0) is 13.1 Å². The Morgan fingerprint density at radius 1 is 1.03 bits per heavy atom. The van der Waals surface area contributed by atoms with Crippen molar-refractivity contribution in [2.75, 3.05) is 6.61 Å². The molecular weight excluding hydrogens is 410 g/mol. The third-order valence-corrected chi connectivity index (χ3v) is 4.86. The molecule has 10 nitrogen and oxygen atoms in total. The highest BCUT2D eigenvalue weighted by Gasteiger charge is 2.15. The van der Waals surface area contributed by atoms with Crippen LogP contribution in [0.4, 0.5) is 0 Å². The predicted octanol–water partition coefficient (Wildman–Crippen LogP) is 2.53. The van der Waals surface area contributed by atoms with E-state index in [1.807, 2.05) is 61.5 Å². The van der Waals surface area contributed by atoms with Gasteiger partial charge in [-0.25, -0.2) is 9.67 Å². The molecule has 0 saturated carbocycles. The van der Waals surface area contributed by atoms with Gasteiger partial charge in [-0.1, -0.05) is 40.7 Å². The van der Waals surface area contributed by atoms with Crippen molar-refractivity contribution in [1.29, 1.82) is 0 Å². The molecule has 0 unspecified atom stereocenters. The average Bonchev–Trinajstić information content (AvgIpc) is 3.45. The van der Waals surface area contributed by atoms with E-state index in [4.69, 9.17) is 9.26 Å². The summed E-state index contributed by atoms with van der Waals surface area (Å²) < 4.78 is 13.8. The van der Waals surface area contributed by atoms with Crippen LogP contribution in [0.15, 0.2) is 70.2 Å². The highest BCUT2D eigenvalue weighted by Crippen LogP contribution is 2.20. The van der Waals surface area contributed by atoms with Crippen molar-refractivity contribution >= 4 is 11.2 Å². The number of hydrogen-bond donors (Lipinski definition) is 0. The minimum atomic E-state index is -0.324. The summed E-state index contributed by atoms with van der Waals surface area (Å²) in [5, 5.41) is 12.1. The second kappa shape index (κ2) is 8.42. The zero-order chi connectivity index (χ0) is 21.9. The molecule has 5 aromatic rings. The Morgan fingerprint density at radius 2 is 1.84 bits per heavy atom. The summed E-state index contributed by atoms with van der Waals surface area (Å²) in [5.41, 5.74) is 2.12. The lowest BCUT2D eigenvalue weighted by molar-refractivity contribution is 0.340. The first-order valence-corrected chi connectivity index (χ1v) is 10.1. The lowest BCUT2D eigenvalue weighted by atomic mass is 10.2. The molecule has 10 heteroatoms. The lowest BCUT2D eigenvalue weighted by Crippen LogP contribution is -2.21. The smallest absolute Gasteiger partial charge is 0.283 e. The summed E-state index contributed by atoms with van der Waals surface area (Å²) >= 11 is 0. The van der Waals surface area contributed by atoms with Crippen LogP contribution in [-0.4, -0.2) is 41.3 Å². The van der Waals surface area contributed by atoms with Gasteiger partial charge in [0.25, 0.3) is 5.56 Å². The second-order valence-electron chi connectivity index (χ2n) is 7.05. The van der Waals surface area contributed by atoms with Gasteiger partial charge >= 0.3 is 0 Å². The van der Waals surface area contributed by atoms with E-state index < -0.39 is 0 Å². The number of ether oxygens (including phenoxy) is 1. The van der Waals surface area contributed by atoms with Crippen LogP contribution in [0, 0.1) is 0 Å². The summed E-state index contributed by atoms with van der Waals surface area (Å²) in [6.07, 6.45) is 1.44. The molecule has 0 aliphatic carbocycles. The molecule has 0 aliphatic rings. The number of fused-ring (bicyclic) bond motifs is 1. The van der Waals surface area contributed by atoms with Crippen LogP contribution in [0.25, 0.3) is 22.6 Å². The zero-order valence-electron chi connectivity index (χ0n) is 17.3. The SMILES string of the molecule is CCOc1ccc(-c2noc(Cn3cnc4c(nnn4Cc4ccccc4)c3=O)n2)cc1. The Hall–Kier alpha value is -4.34. The van der Waals surface area contributed by atoms with Gasteiger partial charge in [-0.15, -0.1) is 5.10 Å². The van der Waals surface area contributed by atoms with Gasteiger partial charge in [0.1, 0.15) is 18.6 Å². The maximum absolute atomic E-state index is 12.9. The highest BCUT2D eigenvalue weighted by atomic mass is 16.5. The fourth-order valence-corrected chi connectivity index (χ4v) is 3.31. The molecule has 0 saturated heterocycles. The summed E-state index contributed by atoms with van der Waals surface area (Å²) in [6, 6.07) is 17.2. The van der Waals surface area contributed by atoms with E-state index in [2.05, 4.69) is 25.4 Å². The Bertz CT molecular complexity index is 1410. The molecule has 0 N–H and O–H groups in total. The van der Waals surface area contributed by atoms with Crippen molar-refractivity contribution in [2.24, 2.45) is 0 Å². The maximum Gasteiger partial charge on any atom is 0.283 e. The van der Waals surface area contributed by atoms with E-state index in [0.717, 1.165) is 16.9 Å². The van der Waals surface area contributed by atoms with E-state index in [0.29, 0.717) is 24.6 Å². The molecule has 0 fully saturated rings.